The molecule has 0 unspecified atom stereocenters. The van der Waals surface area contributed by atoms with Crippen LogP contribution < -0.4 is 11.0 Å². The number of carbonyl (C=O) groups is 1. The number of aromatic amines is 1. The van der Waals surface area contributed by atoms with E-state index in [1.165, 1.54) is 6.42 Å². The first-order valence-electron chi connectivity index (χ1n) is 8.69. The quantitative estimate of drug-likeness (QED) is 0.624. The molecule has 1 aliphatic carbocycles. The van der Waals surface area contributed by atoms with Crippen molar-refractivity contribution in [3.63, 3.8) is 0 Å². The molecule has 1 aromatic carbocycles. The Balaban J connectivity index is 1.94. The first kappa shape index (κ1) is 16.3. The third-order valence-corrected chi connectivity index (χ3v) is 4.81. The van der Waals surface area contributed by atoms with E-state index in [1.807, 2.05) is 0 Å². The predicted octanol–water partition coefficient (Wildman–Crippen LogP) is 2.57. The normalized spacial score (nSPS) is 15.2. The molecule has 3 aromatic rings. The van der Waals surface area contributed by atoms with Gasteiger partial charge in [0.25, 0.3) is 0 Å². The minimum Gasteiger partial charge on any atom is -0.508 e. The molecule has 26 heavy (non-hydrogen) atoms. The summed E-state index contributed by atoms with van der Waals surface area (Å²) in [5, 5.41) is 12.3. The summed E-state index contributed by atoms with van der Waals surface area (Å²) in [5.74, 6) is 0.672. The molecule has 8 nitrogen and oxygen atoms in total. The molecule has 0 radical (unpaired) electrons. The maximum absolute atomic E-state index is 12.6. The first-order valence-corrected chi connectivity index (χ1v) is 8.69. The van der Waals surface area contributed by atoms with Gasteiger partial charge in [-0.3, -0.25) is 9.36 Å². The van der Waals surface area contributed by atoms with E-state index in [4.69, 9.17) is 0 Å². The first-order chi connectivity index (χ1) is 12.7. The van der Waals surface area contributed by atoms with Crippen LogP contribution in [0.25, 0.3) is 22.6 Å². The van der Waals surface area contributed by atoms with Gasteiger partial charge in [-0.05, 0) is 25.0 Å². The van der Waals surface area contributed by atoms with Crippen LogP contribution in [0.2, 0.25) is 0 Å². The van der Waals surface area contributed by atoms with Gasteiger partial charge in [0.05, 0.1) is 0 Å². The van der Waals surface area contributed by atoms with Crippen molar-refractivity contribution >= 4 is 23.4 Å². The summed E-state index contributed by atoms with van der Waals surface area (Å²) in [6, 6.07) is 6.64. The van der Waals surface area contributed by atoms with Gasteiger partial charge in [-0.2, -0.15) is 0 Å². The standard InChI is InChI=1S/C18H19N5O3/c24-10-19-16-14-17(22-15(21-16)11-5-4-8-13(25)9-11)23(18(26)20-14)12-6-2-1-3-7-12/h4-5,8-10,12,25H,1-3,6-7H2,(H,20,26)(H,19,21,22,24). The van der Waals surface area contributed by atoms with Gasteiger partial charge in [-0.15, -0.1) is 0 Å². The van der Waals surface area contributed by atoms with Crippen LogP contribution >= 0.6 is 0 Å². The van der Waals surface area contributed by atoms with E-state index >= 15 is 0 Å². The summed E-state index contributed by atoms with van der Waals surface area (Å²) in [7, 11) is 0. The van der Waals surface area contributed by atoms with Crippen LogP contribution in [-0.2, 0) is 4.79 Å². The van der Waals surface area contributed by atoms with Gasteiger partial charge in [-0.1, -0.05) is 31.4 Å². The number of phenols is 1. The van der Waals surface area contributed by atoms with E-state index in [1.54, 1.807) is 28.8 Å². The minimum absolute atomic E-state index is 0.0843. The number of carbonyl (C=O) groups excluding carboxylic acids is 1. The maximum Gasteiger partial charge on any atom is 0.328 e. The average molecular weight is 353 g/mol. The molecule has 0 spiro atoms. The van der Waals surface area contributed by atoms with Crippen molar-refractivity contribution < 1.29 is 9.90 Å². The Hall–Kier alpha value is -3.16. The molecule has 1 saturated carbocycles. The predicted molar refractivity (Wildman–Crippen MR) is 97.1 cm³/mol. The number of H-pyrrole nitrogens is 1. The van der Waals surface area contributed by atoms with Crippen molar-refractivity contribution in [1.82, 2.24) is 19.5 Å². The average Bonchev–Trinajstić information content (AvgIpc) is 2.99. The smallest absolute Gasteiger partial charge is 0.328 e. The highest BCUT2D eigenvalue weighted by molar-refractivity contribution is 5.90. The molecule has 8 heteroatoms. The maximum atomic E-state index is 12.6. The van der Waals surface area contributed by atoms with Gasteiger partial charge in [0.15, 0.2) is 17.3 Å². The Bertz CT molecular complexity index is 1020. The van der Waals surface area contributed by atoms with Crippen molar-refractivity contribution in [2.75, 3.05) is 5.32 Å². The molecule has 1 amide bonds. The lowest BCUT2D eigenvalue weighted by Gasteiger charge is -2.22. The number of rotatable bonds is 4. The van der Waals surface area contributed by atoms with Crippen LogP contribution in [-0.4, -0.2) is 31.0 Å². The summed E-state index contributed by atoms with van der Waals surface area (Å²) < 4.78 is 1.68. The van der Waals surface area contributed by atoms with E-state index < -0.39 is 0 Å². The Morgan fingerprint density at radius 1 is 1.23 bits per heavy atom. The molecule has 134 valence electrons. The molecule has 2 aromatic heterocycles. The third-order valence-electron chi connectivity index (χ3n) is 4.81. The zero-order valence-corrected chi connectivity index (χ0v) is 14.1. The number of nitrogens with one attached hydrogen (secondary N) is 2. The fourth-order valence-electron chi connectivity index (χ4n) is 3.61. The van der Waals surface area contributed by atoms with Crippen LogP contribution in [0.5, 0.6) is 5.75 Å². The Morgan fingerprint density at radius 3 is 2.77 bits per heavy atom. The van der Waals surface area contributed by atoms with Crippen LogP contribution in [0.15, 0.2) is 29.1 Å². The lowest BCUT2D eigenvalue weighted by atomic mass is 9.95. The Kier molecular flexibility index (Phi) is 4.16. The van der Waals surface area contributed by atoms with E-state index in [9.17, 15) is 14.7 Å². The van der Waals surface area contributed by atoms with Crippen LogP contribution in [0, 0.1) is 0 Å². The van der Waals surface area contributed by atoms with Crippen LogP contribution in [0.3, 0.4) is 0 Å². The molecule has 0 atom stereocenters. The monoisotopic (exact) mass is 353 g/mol. The number of nitrogens with zero attached hydrogens (tertiary/aromatic N) is 3. The van der Waals surface area contributed by atoms with Gasteiger partial charge in [0, 0.05) is 11.6 Å². The van der Waals surface area contributed by atoms with Crippen LogP contribution in [0.1, 0.15) is 38.1 Å². The molecule has 1 fully saturated rings. The zero-order valence-electron chi connectivity index (χ0n) is 14.1. The summed E-state index contributed by atoms with van der Waals surface area (Å²) in [6.07, 6.45) is 5.70. The topological polar surface area (TPSA) is 113 Å². The Morgan fingerprint density at radius 2 is 2.04 bits per heavy atom. The molecule has 2 heterocycles. The van der Waals surface area contributed by atoms with E-state index in [2.05, 4.69) is 20.3 Å². The lowest BCUT2D eigenvalue weighted by Crippen LogP contribution is -2.24. The van der Waals surface area contributed by atoms with Crippen molar-refractivity contribution in [3.8, 4) is 17.1 Å². The Labute approximate surface area is 148 Å². The number of aromatic hydroxyl groups is 1. The molecular weight excluding hydrogens is 334 g/mol. The SMILES string of the molecule is O=CNc1nc(-c2cccc(O)c2)nc2c1[nH]c(=O)n2C1CCCCC1. The highest BCUT2D eigenvalue weighted by Crippen LogP contribution is 2.31. The van der Waals surface area contributed by atoms with Crippen molar-refractivity contribution in [2.24, 2.45) is 0 Å². The fraction of sp³-hybridized carbons (Fsp3) is 0.333. The van der Waals surface area contributed by atoms with E-state index in [0.717, 1.165) is 25.7 Å². The number of amides is 1. The number of benzene rings is 1. The van der Waals surface area contributed by atoms with Gasteiger partial charge >= 0.3 is 5.69 Å². The third kappa shape index (κ3) is 2.83. The fourth-order valence-corrected chi connectivity index (χ4v) is 3.61. The summed E-state index contributed by atoms with van der Waals surface area (Å²) >= 11 is 0. The molecule has 0 aliphatic heterocycles. The van der Waals surface area contributed by atoms with Gasteiger partial charge in [0.2, 0.25) is 6.41 Å². The van der Waals surface area contributed by atoms with E-state index in [-0.39, 0.29) is 23.3 Å². The zero-order chi connectivity index (χ0) is 18.1. The second kappa shape index (κ2) is 6.62. The second-order valence-electron chi connectivity index (χ2n) is 6.50. The second-order valence-corrected chi connectivity index (χ2v) is 6.50. The van der Waals surface area contributed by atoms with Crippen molar-refractivity contribution in [3.05, 3.63) is 34.7 Å². The summed E-state index contributed by atoms with van der Waals surface area (Å²) in [4.78, 5) is 35.3. The largest absolute Gasteiger partial charge is 0.508 e. The minimum atomic E-state index is -0.247. The summed E-state index contributed by atoms with van der Waals surface area (Å²) in [6.45, 7) is 0. The number of aromatic nitrogens is 4. The van der Waals surface area contributed by atoms with Crippen LogP contribution in [0.4, 0.5) is 5.82 Å². The van der Waals surface area contributed by atoms with Crippen molar-refractivity contribution in [1.29, 1.82) is 0 Å². The molecule has 0 bridgehead atoms. The number of hydrogen-bond acceptors (Lipinski definition) is 5. The highest BCUT2D eigenvalue weighted by atomic mass is 16.3. The van der Waals surface area contributed by atoms with Gasteiger partial charge < -0.3 is 15.4 Å². The molecule has 3 N–H and O–H groups in total. The van der Waals surface area contributed by atoms with Gasteiger partial charge in [0.1, 0.15) is 11.3 Å². The highest BCUT2D eigenvalue weighted by Gasteiger charge is 2.23. The molecule has 0 saturated heterocycles. The van der Waals surface area contributed by atoms with E-state index in [0.29, 0.717) is 29.0 Å². The van der Waals surface area contributed by atoms with Crippen molar-refractivity contribution in [2.45, 2.75) is 38.1 Å². The number of fused-ring (bicyclic) bond motifs is 1. The summed E-state index contributed by atoms with van der Waals surface area (Å²) in [5.41, 5.74) is 1.24. The molecule has 1 aliphatic rings. The molecular formula is C18H19N5O3. The number of imidazole rings is 1. The lowest BCUT2D eigenvalue weighted by molar-refractivity contribution is -0.105. The number of phenolic OH excluding ortho intramolecular Hbond substituents is 1. The van der Waals surface area contributed by atoms with Gasteiger partial charge in [-0.25, -0.2) is 14.8 Å². The number of anilines is 1. The molecule has 4 rings (SSSR count). The number of hydrogen-bond donors (Lipinski definition) is 3.